The molecule has 7 saturated heterocycles. The van der Waals surface area contributed by atoms with Gasteiger partial charge in [-0.15, -0.1) is 0 Å². The van der Waals surface area contributed by atoms with E-state index in [1.165, 1.54) is 12.8 Å². The van der Waals surface area contributed by atoms with E-state index < -0.39 is 39.2 Å². The second kappa shape index (κ2) is 11.8. The number of cyclic esters (lactones) is 2. The van der Waals surface area contributed by atoms with Gasteiger partial charge in [-0.3, -0.25) is 4.79 Å². The van der Waals surface area contributed by atoms with E-state index in [0.717, 1.165) is 67.6 Å². The molecule has 0 aromatic rings. The predicted octanol–water partition coefficient (Wildman–Crippen LogP) is 1.06. The minimum Gasteiger partial charge on any atom is -0.458 e. The number of Topliss-reactive ketones (excluding diaryl/α,β-unsaturated/α-hetero) is 1. The van der Waals surface area contributed by atoms with Gasteiger partial charge in [-0.05, 0) is 93.1 Å². The fourth-order valence-electron chi connectivity index (χ4n) is 16.3. The van der Waals surface area contributed by atoms with Crippen molar-refractivity contribution in [3.8, 4) is 0 Å². The smallest absolute Gasteiger partial charge is 0.458 e. The summed E-state index contributed by atoms with van der Waals surface area (Å²) in [5.74, 6) is 0.499. The summed E-state index contributed by atoms with van der Waals surface area (Å²) < 4.78 is 53.6. The Labute approximate surface area is 363 Å². The Kier molecular flexibility index (Phi) is 8.07. The van der Waals surface area contributed by atoms with Crippen molar-refractivity contribution in [3.05, 3.63) is 29.7 Å². The van der Waals surface area contributed by atoms with Crippen LogP contribution in [0.4, 0.5) is 0 Å². The van der Waals surface area contributed by atoms with E-state index >= 15 is 0 Å². The SMILES string of the molecule is C1CCOC1.CC(C)[C@]12O[C@H]1[C@@H]1O[C@@]13[C@@]1(C)CCC4=C(COC4=O)[C@@H]1C[C@@H]1O[C@@]13C2=O.CC(C)[C@]12O[C@H]1[C@@H]1O[C@]13[C@]1(O[C@H]1C[C@H]1C4=C(CC[C@@]13C)C(=O)OC4)[C@]2(C)O.[CH3-].[Li+]. The fourth-order valence-corrected chi connectivity index (χ4v) is 16.3. The van der Waals surface area contributed by atoms with Gasteiger partial charge in [0.1, 0.15) is 60.0 Å². The van der Waals surface area contributed by atoms with Crippen molar-refractivity contribution in [2.45, 2.75) is 176 Å². The molecule has 4 saturated carbocycles. The number of epoxide rings is 6. The Morgan fingerprint density at radius 1 is 0.633 bits per heavy atom. The van der Waals surface area contributed by atoms with Crippen LogP contribution in [0, 0.1) is 41.9 Å². The Hall–Kier alpha value is -1.63. The molecule has 0 bridgehead atoms. The number of aliphatic hydroxyl groups is 1. The molecule has 6 aliphatic carbocycles. The minimum absolute atomic E-state index is 0. The van der Waals surface area contributed by atoms with Crippen LogP contribution in [0.5, 0.6) is 0 Å². The molecule has 9 heterocycles. The molecule has 11 fully saturated rings. The van der Waals surface area contributed by atoms with Crippen molar-refractivity contribution >= 4 is 17.7 Å². The standard InChI is InChI=1S/C21H26O6.C20H22O6.C4H8O.CH3.Li/c1-9(2)19-14(26-19)15-21(27-15)17(3)6-5-10-11(8-24-16(10)22)12(17)7-13-20(21,25-13)18(19,4)23;1-8(2)18-13(25-18)14-20(26-14)17(3)5-4-9-10(7-23-15(9)21)11(17)6-12-19(20,24-12)16(18)22;1-2-4-5-3-1;;/h9,12-15,23H,5-8H2,1-4H3;8,11-14H,4-7H2,1-3H3;1-4H2;1H3;/q;;;-1;+1/t12-,13-,14-,15-,17-,18+,19-,20+,21+;11-,12-,13-,14-,17-,18-,19+,20+;;;/m00.../s1. The van der Waals surface area contributed by atoms with Crippen molar-refractivity contribution in [1.82, 2.24) is 0 Å². The van der Waals surface area contributed by atoms with Gasteiger partial charge in [0.15, 0.2) is 16.8 Å². The predicted molar refractivity (Wildman–Crippen MR) is 204 cm³/mol. The zero-order valence-electron chi connectivity index (χ0n) is 36.6. The van der Waals surface area contributed by atoms with Crippen molar-refractivity contribution in [2.75, 3.05) is 26.4 Å². The van der Waals surface area contributed by atoms with E-state index in [1.807, 2.05) is 20.8 Å². The topological polar surface area (TPSA) is 174 Å². The van der Waals surface area contributed by atoms with E-state index in [1.54, 1.807) is 0 Å². The maximum atomic E-state index is 13.6. The average molecular weight is 827 g/mol. The third-order valence-corrected chi connectivity index (χ3v) is 19.3. The monoisotopic (exact) mass is 826 g/mol. The molecule has 60 heavy (non-hydrogen) atoms. The van der Waals surface area contributed by atoms with Gasteiger partial charge in [0, 0.05) is 35.2 Å². The normalized spacial score (nSPS) is 56.9. The summed E-state index contributed by atoms with van der Waals surface area (Å²) in [6.45, 7) is 17.6. The quantitative estimate of drug-likeness (QED) is 0.181. The molecule has 13 nitrogen and oxygen atoms in total. The average Bonchev–Trinajstić information content (AvgIpc) is 3.92. The van der Waals surface area contributed by atoms with Crippen molar-refractivity contribution in [3.63, 3.8) is 0 Å². The molecule has 4 spiro atoms. The summed E-state index contributed by atoms with van der Waals surface area (Å²) in [7, 11) is 0. The molecule has 322 valence electrons. The van der Waals surface area contributed by atoms with Crippen LogP contribution in [-0.4, -0.2) is 125 Å². The van der Waals surface area contributed by atoms with Crippen LogP contribution >= 0.6 is 0 Å². The molecule has 0 aromatic carbocycles. The van der Waals surface area contributed by atoms with Crippen LogP contribution in [0.2, 0.25) is 0 Å². The summed E-state index contributed by atoms with van der Waals surface area (Å²) in [6.07, 6.45) is 6.77. The Morgan fingerprint density at radius 2 is 1.18 bits per heavy atom. The maximum absolute atomic E-state index is 13.6. The van der Waals surface area contributed by atoms with Crippen LogP contribution in [0.15, 0.2) is 22.3 Å². The molecular weight excluding hydrogens is 767 g/mol. The Bertz CT molecular complexity index is 2090. The first-order valence-corrected chi connectivity index (χ1v) is 22.2. The van der Waals surface area contributed by atoms with E-state index in [9.17, 15) is 19.5 Å². The molecule has 9 aliphatic heterocycles. The fraction of sp³-hybridized carbons (Fsp3) is 0.826. The molecule has 0 aromatic heterocycles. The summed E-state index contributed by atoms with van der Waals surface area (Å²) in [6, 6.07) is 0. The first-order chi connectivity index (χ1) is 27.5. The van der Waals surface area contributed by atoms with E-state index in [2.05, 4.69) is 27.7 Å². The number of esters is 2. The largest absolute Gasteiger partial charge is 1.00 e. The van der Waals surface area contributed by atoms with Gasteiger partial charge >= 0.3 is 30.8 Å². The molecule has 0 amide bonds. The third-order valence-electron chi connectivity index (χ3n) is 19.3. The summed E-state index contributed by atoms with van der Waals surface area (Å²) in [4.78, 5) is 37.8. The second-order valence-electron chi connectivity index (χ2n) is 21.5. The molecule has 0 radical (unpaired) electrons. The maximum Gasteiger partial charge on any atom is 1.00 e. The third kappa shape index (κ3) is 3.94. The summed E-state index contributed by atoms with van der Waals surface area (Å²) >= 11 is 0. The zero-order chi connectivity index (χ0) is 40.2. The number of hydrogen-bond acceptors (Lipinski definition) is 13. The van der Waals surface area contributed by atoms with Gasteiger partial charge in [0.05, 0.1) is 12.2 Å². The van der Waals surface area contributed by atoms with Gasteiger partial charge < -0.3 is 55.2 Å². The van der Waals surface area contributed by atoms with Crippen LogP contribution in [0.1, 0.15) is 99.8 Å². The minimum atomic E-state index is -1.10. The van der Waals surface area contributed by atoms with Gasteiger partial charge in [0.25, 0.3) is 0 Å². The number of carbonyl (C=O) groups excluding carboxylic acids is 3. The molecule has 14 heteroatoms. The molecular formula is C46H59LiO13. The number of ether oxygens (including phenoxy) is 9. The Morgan fingerprint density at radius 3 is 1.73 bits per heavy atom. The first kappa shape index (κ1) is 41.1. The van der Waals surface area contributed by atoms with E-state index in [4.69, 9.17) is 42.6 Å². The van der Waals surface area contributed by atoms with Gasteiger partial charge in [-0.2, -0.15) is 0 Å². The molecule has 15 aliphatic rings. The van der Waals surface area contributed by atoms with Crippen molar-refractivity contribution in [2.24, 2.45) is 34.5 Å². The Balaban J connectivity index is 0.000000119. The summed E-state index contributed by atoms with van der Waals surface area (Å²) in [5, 5.41) is 11.9. The molecule has 15 rings (SSSR count). The van der Waals surface area contributed by atoms with Gasteiger partial charge in [-0.25, -0.2) is 9.59 Å². The van der Waals surface area contributed by atoms with Crippen molar-refractivity contribution < 1.29 is 81.0 Å². The van der Waals surface area contributed by atoms with Crippen LogP contribution in [0.25, 0.3) is 0 Å². The molecule has 1 N–H and O–H groups in total. The number of hydrogen-bond donors (Lipinski definition) is 1. The molecule has 0 unspecified atom stereocenters. The second-order valence-corrected chi connectivity index (χ2v) is 21.5. The summed E-state index contributed by atoms with van der Waals surface area (Å²) in [5.41, 5.74) is -1.43. The molecule has 17 atom stereocenters. The first-order valence-electron chi connectivity index (χ1n) is 22.2. The van der Waals surface area contributed by atoms with Crippen molar-refractivity contribution in [1.29, 1.82) is 0 Å². The van der Waals surface area contributed by atoms with Gasteiger partial charge in [-0.1, -0.05) is 41.5 Å². The van der Waals surface area contributed by atoms with E-state index in [0.29, 0.717) is 19.6 Å². The number of fused-ring (bicyclic) bond motifs is 8. The van der Waals surface area contributed by atoms with Crippen LogP contribution in [-0.2, 0) is 57.0 Å². The van der Waals surface area contributed by atoms with Crippen LogP contribution in [0.3, 0.4) is 0 Å². The number of ketones is 1. The number of carbonyl (C=O) groups is 3. The van der Waals surface area contributed by atoms with E-state index in [-0.39, 0.29) is 115 Å². The van der Waals surface area contributed by atoms with Crippen LogP contribution < -0.4 is 18.9 Å². The zero-order valence-corrected chi connectivity index (χ0v) is 36.6. The number of rotatable bonds is 2. The van der Waals surface area contributed by atoms with Gasteiger partial charge in [0.2, 0.25) is 5.78 Å².